The lowest BCUT2D eigenvalue weighted by molar-refractivity contribution is 0.0594. The molecule has 1 heterocycles. The number of hydrogen-bond acceptors (Lipinski definition) is 4. The van der Waals surface area contributed by atoms with E-state index in [2.05, 4.69) is 9.72 Å². The van der Waals surface area contributed by atoms with Crippen molar-refractivity contribution in [2.24, 2.45) is 0 Å². The number of aromatic hydroxyl groups is 1. The average Bonchev–Trinajstić information content (AvgIpc) is 2.44. The van der Waals surface area contributed by atoms with E-state index in [0.717, 1.165) is 31.4 Å². The zero-order valence-electron chi connectivity index (χ0n) is 10.2. The minimum atomic E-state index is -1.36. The molecule has 1 aromatic heterocycles. The molecule has 0 aliphatic heterocycles. The Labute approximate surface area is 111 Å². The molecule has 0 spiro atoms. The van der Waals surface area contributed by atoms with Gasteiger partial charge in [0.15, 0.2) is 11.6 Å². The van der Waals surface area contributed by atoms with Gasteiger partial charge in [-0.25, -0.2) is 22.9 Å². The Balaban J connectivity index is 2.70. The molecule has 4 nitrogen and oxygen atoms in total. The molecule has 0 unspecified atom stereocenters. The first-order valence-corrected chi connectivity index (χ1v) is 5.38. The summed E-state index contributed by atoms with van der Waals surface area (Å²) >= 11 is 0. The highest BCUT2D eigenvalue weighted by Gasteiger charge is 2.21. The second-order valence-corrected chi connectivity index (χ2v) is 3.77. The van der Waals surface area contributed by atoms with Crippen molar-refractivity contribution in [1.29, 1.82) is 0 Å². The van der Waals surface area contributed by atoms with Gasteiger partial charge in [-0.3, -0.25) is 0 Å². The van der Waals surface area contributed by atoms with Gasteiger partial charge in [0, 0.05) is 0 Å². The second-order valence-electron chi connectivity index (χ2n) is 3.77. The lowest BCUT2D eigenvalue weighted by Gasteiger charge is -2.08. The van der Waals surface area contributed by atoms with Gasteiger partial charge in [0.1, 0.15) is 23.0 Å². The van der Waals surface area contributed by atoms with Gasteiger partial charge in [0.2, 0.25) is 0 Å². The van der Waals surface area contributed by atoms with Gasteiger partial charge in [-0.05, 0) is 24.3 Å². The number of carbonyl (C=O) groups is 1. The van der Waals surface area contributed by atoms with Gasteiger partial charge in [0.05, 0.1) is 12.7 Å². The largest absolute Gasteiger partial charge is 0.505 e. The fourth-order valence-corrected chi connectivity index (χ4v) is 1.59. The molecule has 0 atom stereocenters. The fourth-order valence-electron chi connectivity index (χ4n) is 1.59. The molecule has 1 N–H and O–H groups in total. The summed E-state index contributed by atoms with van der Waals surface area (Å²) in [6.45, 7) is 0. The summed E-state index contributed by atoms with van der Waals surface area (Å²) in [5.74, 6) is -5.26. The summed E-state index contributed by atoms with van der Waals surface area (Å²) in [5.41, 5.74) is -1.89. The lowest BCUT2D eigenvalue weighted by atomic mass is 10.1. The summed E-state index contributed by atoms with van der Waals surface area (Å²) in [5, 5.41) is 9.22. The van der Waals surface area contributed by atoms with Crippen molar-refractivity contribution in [3.05, 3.63) is 47.4 Å². The van der Waals surface area contributed by atoms with Crippen molar-refractivity contribution in [3.63, 3.8) is 0 Å². The molecule has 0 aliphatic rings. The predicted octanol–water partition coefficient (Wildman–Crippen LogP) is 2.66. The first kappa shape index (κ1) is 13.9. The first-order valence-electron chi connectivity index (χ1n) is 5.38. The highest BCUT2D eigenvalue weighted by Crippen LogP contribution is 2.31. The van der Waals surface area contributed by atoms with Crippen LogP contribution in [0, 0.1) is 17.5 Å². The smallest absolute Gasteiger partial charge is 0.356 e. The number of ether oxygens (including phenoxy) is 1. The highest BCUT2D eigenvalue weighted by molar-refractivity contribution is 5.88. The maximum Gasteiger partial charge on any atom is 0.356 e. The quantitative estimate of drug-likeness (QED) is 0.861. The molecule has 7 heteroatoms. The van der Waals surface area contributed by atoms with Crippen LogP contribution in [0.15, 0.2) is 24.3 Å². The van der Waals surface area contributed by atoms with Crippen molar-refractivity contribution in [2.75, 3.05) is 7.11 Å². The monoisotopic (exact) mass is 283 g/mol. The van der Waals surface area contributed by atoms with E-state index in [9.17, 15) is 23.1 Å². The Morgan fingerprint density at radius 1 is 1.15 bits per heavy atom. The third-order valence-electron chi connectivity index (χ3n) is 2.55. The zero-order valence-corrected chi connectivity index (χ0v) is 10.2. The van der Waals surface area contributed by atoms with Crippen LogP contribution in [0.3, 0.4) is 0 Å². The zero-order chi connectivity index (χ0) is 14.9. The molecule has 2 rings (SSSR count). The second kappa shape index (κ2) is 5.20. The number of methoxy groups -OCH3 is 1. The number of carbonyl (C=O) groups excluding carboxylic acids is 1. The van der Waals surface area contributed by atoms with E-state index in [4.69, 9.17) is 0 Å². The molecule has 0 fully saturated rings. The van der Waals surface area contributed by atoms with Crippen LogP contribution >= 0.6 is 0 Å². The number of hydrogen-bond donors (Lipinski definition) is 1. The number of benzene rings is 1. The van der Waals surface area contributed by atoms with Crippen molar-refractivity contribution in [1.82, 2.24) is 4.98 Å². The van der Waals surface area contributed by atoms with Crippen LogP contribution in [-0.4, -0.2) is 23.2 Å². The predicted molar refractivity (Wildman–Crippen MR) is 62.6 cm³/mol. The molecule has 0 aliphatic carbocycles. The summed E-state index contributed by atoms with van der Waals surface area (Å²) in [7, 11) is 1.09. The molecule has 0 bridgehead atoms. The Morgan fingerprint density at radius 3 is 2.45 bits per heavy atom. The van der Waals surface area contributed by atoms with Gasteiger partial charge in [-0.1, -0.05) is 0 Å². The molecule has 0 radical (unpaired) electrons. The van der Waals surface area contributed by atoms with Gasteiger partial charge < -0.3 is 9.84 Å². The maximum atomic E-state index is 13.7. The Hall–Kier alpha value is -2.57. The molecule has 0 saturated carbocycles. The molecule has 1 aromatic carbocycles. The summed E-state index contributed by atoms with van der Waals surface area (Å²) < 4.78 is 45.4. The molecule has 20 heavy (non-hydrogen) atoms. The van der Waals surface area contributed by atoms with E-state index < -0.39 is 40.4 Å². The van der Waals surface area contributed by atoms with Gasteiger partial charge >= 0.3 is 5.97 Å². The summed E-state index contributed by atoms with van der Waals surface area (Å²) in [6, 6.07) is 3.40. The van der Waals surface area contributed by atoms with E-state index in [0.29, 0.717) is 0 Å². The third-order valence-corrected chi connectivity index (χ3v) is 2.55. The van der Waals surface area contributed by atoms with Crippen LogP contribution in [-0.2, 0) is 4.74 Å². The van der Waals surface area contributed by atoms with Crippen LogP contribution < -0.4 is 0 Å². The minimum absolute atomic E-state index is 0.314. The minimum Gasteiger partial charge on any atom is -0.505 e. The van der Waals surface area contributed by atoms with Gasteiger partial charge in [0.25, 0.3) is 0 Å². The van der Waals surface area contributed by atoms with E-state index in [1.807, 2.05) is 0 Å². The summed E-state index contributed by atoms with van der Waals surface area (Å²) in [4.78, 5) is 14.8. The molecule has 104 valence electrons. The number of esters is 1. The Kier molecular flexibility index (Phi) is 3.60. The van der Waals surface area contributed by atoms with E-state index in [-0.39, 0.29) is 5.69 Å². The van der Waals surface area contributed by atoms with Gasteiger partial charge in [-0.2, -0.15) is 0 Å². The van der Waals surface area contributed by atoms with E-state index in [1.165, 1.54) is 0 Å². The number of pyridine rings is 1. The number of phenols is 1. The Morgan fingerprint density at radius 2 is 1.80 bits per heavy atom. The number of aromatic nitrogens is 1. The highest BCUT2D eigenvalue weighted by atomic mass is 19.1. The number of phenolic OH excluding ortho intramolecular Hbond substituents is 1. The van der Waals surface area contributed by atoms with Crippen LogP contribution in [0.25, 0.3) is 11.3 Å². The topological polar surface area (TPSA) is 59.4 Å². The molecule has 0 saturated heterocycles. The van der Waals surface area contributed by atoms with Crippen molar-refractivity contribution < 1.29 is 27.8 Å². The van der Waals surface area contributed by atoms with E-state index in [1.54, 1.807) is 0 Å². The van der Waals surface area contributed by atoms with Crippen LogP contribution in [0.2, 0.25) is 0 Å². The molecule has 0 amide bonds. The van der Waals surface area contributed by atoms with Crippen molar-refractivity contribution >= 4 is 5.97 Å². The number of rotatable bonds is 2. The molecular formula is C13H8F3NO3. The number of nitrogens with zero attached hydrogens (tertiary/aromatic N) is 1. The number of halogens is 3. The van der Waals surface area contributed by atoms with Crippen molar-refractivity contribution in [3.8, 4) is 17.0 Å². The third kappa shape index (κ3) is 2.29. The standard InChI is InChI=1S/C13H8F3NO3/c1-20-13(19)8-4-2-7(15)12(17-8)10-6(14)3-5-9(18)11(10)16/h2-5,18H,1H3. The maximum absolute atomic E-state index is 13.7. The average molecular weight is 283 g/mol. The van der Waals surface area contributed by atoms with Crippen molar-refractivity contribution in [2.45, 2.75) is 0 Å². The normalized spacial score (nSPS) is 10.4. The molecule has 2 aromatic rings. The van der Waals surface area contributed by atoms with Gasteiger partial charge in [-0.15, -0.1) is 0 Å². The first-order chi connectivity index (χ1) is 9.45. The van der Waals surface area contributed by atoms with Crippen LogP contribution in [0.1, 0.15) is 10.5 Å². The van der Waals surface area contributed by atoms with Crippen LogP contribution in [0.4, 0.5) is 13.2 Å². The lowest BCUT2D eigenvalue weighted by Crippen LogP contribution is -2.07. The summed E-state index contributed by atoms with van der Waals surface area (Å²) in [6.07, 6.45) is 0. The molecular weight excluding hydrogens is 275 g/mol. The Bertz CT molecular complexity index is 689. The van der Waals surface area contributed by atoms with E-state index >= 15 is 0 Å². The SMILES string of the molecule is COC(=O)c1ccc(F)c(-c2c(F)ccc(O)c2F)n1. The fraction of sp³-hybridized carbons (Fsp3) is 0.0769. The van der Waals surface area contributed by atoms with Crippen LogP contribution in [0.5, 0.6) is 5.75 Å².